The largest absolute Gasteiger partial charge is 0.351 e. The van der Waals surface area contributed by atoms with Gasteiger partial charge in [0.15, 0.2) is 0 Å². The first kappa shape index (κ1) is 20.4. The third kappa shape index (κ3) is 4.33. The molecule has 1 unspecified atom stereocenters. The van der Waals surface area contributed by atoms with Gasteiger partial charge in [-0.05, 0) is 48.9 Å². The smallest absolute Gasteiger partial charge is 0.319 e. The maximum absolute atomic E-state index is 13.2. The molecular formula is C24H30N4O2. The van der Waals surface area contributed by atoms with Gasteiger partial charge in [-0.15, -0.1) is 0 Å². The summed E-state index contributed by atoms with van der Waals surface area (Å²) in [7, 11) is 1.60. The fraction of sp³-hybridized carbons (Fsp3) is 0.417. The fourth-order valence-corrected chi connectivity index (χ4v) is 4.83. The molecule has 0 aromatic heterocycles. The number of fused-ring (bicyclic) bond motifs is 1. The van der Waals surface area contributed by atoms with Gasteiger partial charge in [-0.1, -0.05) is 42.5 Å². The highest BCUT2D eigenvalue weighted by Crippen LogP contribution is 2.33. The molecule has 2 aromatic rings. The molecule has 0 aliphatic carbocycles. The van der Waals surface area contributed by atoms with E-state index in [1.165, 1.54) is 16.9 Å². The summed E-state index contributed by atoms with van der Waals surface area (Å²) in [4.78, 5) is 30.6. The van der Waals surface area contributed by atoms with E-state index in [-0.39, 0.29) is 5.91 Å². The Morgan fingerprint density at radius 3 is 2.27 bits per heavy atom. The first-order valence-electron chi connectivity index (χ1n) is 10.7. The molecule has 4 rings (SSSR count). The van der Waals surface area contributed by atoms with E-state index in [0.717, 1.165) is 39.1 Å². The zero-order valence-electron chi connectivity index (χ0n) is 17.5. The lowest BCUT2D eigenvalue weighted by Crippen LogP contribution is -2.36. The Morgan fingerprint density at radius 1 is 0.967 bits per heavy atom. The van der Waals surface area contributed by atoms with Crippen LogP contribution in [-0.2, 0) is 6.42 Å². The minimum Gasteiger partial charge on any atom is -0.351 e. The molecule has 2 saturated heterocycles. The standard InChI is InChI=1S/C24H30N4O2/c1-26(24(25)30)22-12-6-5-11-21(22)23(29)28-16-19-14-27(15-20(19)17-28)13-7-10-18-8-3-2-4-9-18/h2-6,8-9,11-12,19-20H,7,10,13-17H2,1H3,(H2,25,30)/t19-,20?/m0/s1. The van der Waals surface area contributed by atoms with Crippen LogP contribution in [0.15, 0.2) is 54.6 Å². The van der Waals surface area contributed by atoms with Crippen molar-refractivity contribution in [3.63, 3.8) is 0 Å². The molecule has 2 atom stereocenters. The van der Waals surface area contributed by atoms with Crippen molar-refractivity contribution < 1.29 is 9.59 Å². The molecular weight excluding hydrogens is 376 g/mol. The average Bonchev–Trinajstić information content (AvgIpc) is 3.32. The number of hydrogen-bond acceptors (Lipinski definition) is 3. The van der Waals surface area contributed by atoms with E-state index in [9.17, 15) is 9.59 Å². The molecule has 2 fully saturated rings. The number of rotatable bonds is 6. The predicted molar refractivity (Wildman–Crippen MR) is 119 cm³/mol. The van der Waals surface area contributed by atoms with Crippen LogP contribution in [0, 0.1) is 11.8 Å². The lowest BCUT2D eigenvalue weighted by atomic mass is 10.0. The van der Waals surface area contributed by atoms with Crippen molar-refractivity contribution in [3.8, 4) is 0 Å². The predicted octanol–water partition coefficient (Wildman–Crippen LogP) is 2.84. The number of benzene rings is 2. The fourth-order valence-electron chi connectivity index (χ4n) is 4.83. The van der Waals surface area contributed by atoms with Gasteiger partial charge >= 0.3 is 6.03 Å². The molecule has 2 aliphatic heterocycles. The van der Waals surface area contributed by atoms with Gasteiger partial charge in [0.2, 0.25) is 0 Å². The topological polar surface area (TPSA) is 69.9 Å². The summed E-state index contributed by atoms with van der Waals surface area (Å²) >= 11 is 0. The van der Waals surface area contributed by atoms with E-state index >= 15 is 0 Å². The van der Waals surface area contributed by atoms with E-state index in [2.05, 4.69) is 35.2 Å². The molecule has 2 heterocycles. The summed E-state index contributed by atoms with van der Waals surface area (Å²) in [5.74, 6) is 1.06. The van der Waals surface area contributed by atoms with Crippen LogP contribution >= 0.6 is 0 Å². The number of nitrogens with two attached hydrogens (primary N) is 1. The van der Waals surface area contributed by atoms with Crippen molar-refractivity contribution in [3.05, 3.63) is 65.7 Å². The Labute approximate surface area is 178 Å². The highest BCUT2D eigenvalue weighted by Gasteiger charge is 2.41. The molecule has 0 spiro atoms. The number of likely N-dealkylation sites (tertiary alicyclic amines) is 2. The number of nitrogens with zero attached hydrogens (tertiary/aromatic N) is 3. The number of aryl methyl sites for hydroxylation is 1. The first-order valence-corrected chi connectivity index (χ1v) is 10.7. The van der Waals surface area contributed by atoms with Crippen LogP contribution in [0.2, 0.25) is 0 Å². The summed E-state index contributed by atoms with van der Waals surface area (Å²) in [6.45, 7) is 4.81. The second-order valence-corrected chi connectivity index (χ2v) is 8.49. The molecule has 3 amide bonds. The van der Waals surface area contributed by atoms with Gasteiger partial charge in [-0.25, -0.2) is 4.79 Å². The van der Waals surface area contributed by atoms with Crippen molar-refractivity contribution >= 4 is 17.6 Å². The maximum atomic E-state index is 13.2. The number of carbonyl (C=O) groups excluding carboxylic acids is 2. The molecule has 158 valence electrons. The van der Waals surface area contributed by atoms with Gasteiger partial charge in [-0.2, -0.15) is 0 Å². The van der Waals surface area contributed by atoms with Crippen LogP contribution in [-0.4, -0.2) is 61.5 Å². The lowest BCUT2D eigenvalue weighted by molar-refractivity contribution is 0.0775. The third-order valence-corrected chi connectivity index (χ3v) is 6.46. The van der Waals surface area contributed by atoms with Crippen molar-refractivity contribution in [2.24, 2.45) is 17.6 Å². The second-order valence-electron chi connectivity index (χ2n) is 8.49. The van der Waals surface area contributed by atoms with E-state index in [1.807, 2.05) is 17.0 Å². The van der Waals surface area contributed by atoms with Crippen LogP contribution in [0.5, 0.6) is 0 Å². The summed E-state index contributed by atoms with van der Waals surface area (Å²) in [5.41, 5.74) is 7.92. The molecule has 6 nitrogen and oxygen atoms in total. The summed E-state index contributed by atoms with van der Waals surface area (Å²) < 4.78 is 0. The van der Waals surface area contributed by atoms with Gasteiger partial charge in [0.05, 0.1) is 11.3 Å². The zero-order chi connectivity index (χ0) is 21.1. The first-order chi connectivity index (χ1) is 14.5. The molecule has 2 aromatic carbocycles. The third-order valence-electron chi connectivity index (χ3n) is 6.46. The Bertz CT molecular complexity index is 887. The van der Waals surface area contributed by atoms with E-state index in [0.29, 0.717) is 23.1 Å². The molecule has 2 N–H and O–H groups in total. The molecule has 0 bridgehead atoms. The minimum absolute atomic E-state index is 0.0104. The SMILES string of the molecule is CN(C(N)=O)c1ccccc1C(=O)N1CC2CN(CCCc3ccccc3)C[C@H]2C1. The Kier molecular flexibility index (Phi) is 6.04. The number of urea groups is 1. The normalized spacial score (nSPS) is 20.9. The minimum atomic E-state index is -0.570. The van der Waals surface area contributed by atoms with Crippen molar-refractivity contribution in [1.82, 2.24) is 9.80 Å². The second kappa shape index (κ2) is 8.88. The van der Waals surface area contributed by atoms with Crippen molar-refractivity contribution in [2.75, 3.05) is 44.7 Å². The Balaban J connectivity index is 1.31. The number of amides is 3. The Morgan fingerprint density at radius 2 is 1.60 bits per heavy atom. The summed E-state index contributed by atoms with van der Waals surface area (Å²) in [6.07, 6.45) is 2.28. The number of primary amides is 1. The number of hydrogen-bond donors (Lipinski definition) is 1. The van der Waals surface area contributed by atoms with Crippen LogP contribution < -0.4 is 10.6 Å². The monoisotopic (exact) mass is 406 g/mol. The van der Waals surface area contributed by atoms with E-state index < -0.39 is 6.03 Å². The van der Waals surface area contributed by atoms with Crippen LogP contribution in [0.25, 0.3) is 0 Å². The van der Waals surface area contributed by atoms with E-state index in [4.69, 9.17) is 5.73 Å². The maximum Gasteiger partial charge on any atom is 0.319 e. The molecule has 0 saturated carbocycles. The van der Waals surface area contributed by atoms with Gasteiger partial charge < -0.3 is 15.5 Å². The van der Waals surface area contributed by atoms with Gasteiger partial charge in [-0.3, -0.25) is 9.69 Å². The molecule has 2 aliphatic rings. The van der Waals surface area contributed by atoms with Crippen LogP contribution in [0.3, 0.4) is 0 Å². The molecule has 30 heavy (non-hydrogen) atoms. The summed E-state index contributed by atoms with van der Waals surface area (Å²) in [5, 5.41) is 0. The number of para-hydroxylation sites is 1. The highest BCUT2D eigenvalue weighted by atomic mass is 16.2. The van der Waals surface area contributed by atoms with Crippen LogP contribution in [0.4, 0.5) is 10.5 Å². The van der Waals surface area contributed by atoms with Gasteiger partial charge in [0, 0.05) is 33.2 Å². The molecule has 0 radical (unpaired) electrons. The van der Waals surface area contributed by atoms with Crippen molar-refractivity contribution in [2.45, 2.75) is 12.8 Å². The lowest BCUT2D eigenvalue weighted by Gasteiger charge is -2.24. The van der Waals surface area contributed by atoms with Crippen molar-refractivity contribution in [1.29, 1.82) is 0 Å². The van der Waals surface area contributed by atoms with Gasteiger partial charge in [0.1, 0.15) is 0 Å². The van der Waals surface area contributed by atoms with E-state index in [1.54, 1.807) is 19.2 Å². The molecule has 6 heteroatoms. The number of anilines is 1. The quantitative estimate of drug-likeness (QED) is 0.802. The average molecular weight is 407 g/mol. The highest BCUT2D eigenvalue weighted by molar-refractivity contribution is 6.04. The Hall–Kier alpha value is -2.86. The van der Waals surface area contributed by atoms with Crippen LogP contribution in [0.1, 0.15) is 22.3 Å². The zero-order valence-corrected chi connectivity index (χ0v) is 17.5. The number of carbonyl (C=O) groups is 2. The van der Waals surface area contributed by atoms with Gasteiger partial charge in [0.25, 0.3) is 5.91 Å². The summed E-state index contributed by atoms with van der Waals surface area (Å²) in [6, 6.07) is 17.3.